The number of aromatic nitrogens is 1. The number of hydrogen-bond donors (Lipinski definition) is 0. The molecule has 4 nitrogen and oxygen atoms in total. The zero-order valence-corrected chi connectivity index (χ0v) is 9.69. The number of ketones is 1. The number of alkyl halides is 3. The third-order valence-electron chi connectivity index (χ3n) is 2.56. The Kier molecular flexibility index (Phi) is 3.05. The second-order valence-corrected chi connectivity index (χ2v) is 3.72. The predicted molar refractivity (Wildman–Crippen MR) is 59.1 cm³/mol. The molecule has 0 aliphatic rings. The number of esters is 1. The molecule has 0 aliphatic carbocycles. The highest BCUT2D eigenvalue weighted by Gasteiger charge is 2.43. The summed E-state index contributed by atoms with van der Waals surface area (Å²) in [6, 6.07) is 5.71. The molecule has 0 amide bonds. The molecule has 0 saturated carbocycles. The quantitative estimate of drug-likeness (QED) is 0.622. The van der Waals surface area contributed by atoms with Crippen LogP contribution in [0.1, 0.15) is 20.8 Å². The highest BCUT2D eigenvalue weighted by Crippen LogP contribution is 2.26. The van der Waals surface area contributed by atoms with Crippen LogP contribution >= 0.6 is 0 Å². The zero-order valence-electron chi connectivity index (χ0n) is 9.69. The molecule has 0 saturated heterocycles. The van der Waals surface area contributed by atoms with Gasteiger partial charge < -0.3 is 9.14 Å². The maximum Gasteiger partial charge on any atom is 0.456 e. The van der Waals surface area contributed by atoms with E-state index >= 15 is 0 Å². The molecule has 0 aliphatic heterocycles. The van der Waals surface area contributed by atoms with Crippen LogP contribution in [-0.2, 0) is 4.74 Å². The fourth-order valence-electron chi connectivity index (χ4n) is 1.76. The fourth-order valence-corrected chi connectivity index (χ4v) is 1.76. The molecule has 0 aromatic carbocycles. The zero-order chi connectivity index (χ0) is 14.2. The van der Waals surface area contributed by atoms with Crippen molar-refractivity contribution in [3.8, 4) is 0 Å². The number of carbonyl (C=O) groups is 2. The lowest BCUT2D eigenvalue weighted by molar-refractivity contribution is -0.0889. The molecule has 2 aromatic heterocycles. The van der Waals surface area contributed by atoms with Crippen molar-refractivity contribution < 1.29 is 27.5 Å². The minimum Gasteiger partial charge on any atom is -0.465 e. The van der Waals surface area contributed by atoms with Gasteiger partial charge in [-0.05, 0) is 18.2 Å². The standard InChI is InChI=1S/C12H8F3NO3/c1-19-11(18)8-6-7-4-2-3-5-16(7)9(8)10(17)12(13,14)15/h2-6H,1H3. The van der Waals surface area contributed by atoms with Crippen LogP contribution < -0.4 is 0 Å². The Morgan fingerprint density at radius 3 is 2.53 bits per heavy atom. The molecule has 100 valence electrons. The van der Waals surface area contributed by atoms with E-state index in [1.165, 1.54) is 24.4 Å². The van der Waals surface area contributed by atoms with E-state index in [2.05, 4.69) is 4.74 Å². The summed E-state index contributed by atoms with van der Waals surface area (Å²) in [7, 11) is 1.03. The van der Waals surface area contributed by atoms with Gasteiger partial charge >= 0.3 is 12.1 Å². The van der Waals surface area contributed by atoms with Gasteiger partial charge in [-0.1, -0.05) is 6.07 Å². The van der Waals surface area contributed by atoms with Gasteiger partial charge in [-0.3, -0.25) is 4.79 Å². The number of methoxy groups -OCH3 is 1. The van der Waals surface area contributed by atoms with Crippen molar-refractivity contribution in [2.75, 3.05) is 7.11 Å². The van der Waals surface area contributed by atoms with E-state index < -0.39 is 29.2 Å². The summed E-state index contributed by atoms with van der Waals surface area (Å²) in [5, 5.41) is 0. The summed E-state index contributed by atoms with van der Waals surface area (Å²) in [4.78, 5) is 22.9. The van der Waals surface area contributed by atoms with Crippen LogP contribution in [0.25, 0.3) is 5.52 Å². The molecule has 0 radical (unpaired) electrons. The summed E-state index contributed by atoms with van der Waals surface area (Å²) in [6.07, 6.45) is -3.78. The maximum absolute atomic E-state index is 12.6. The lowest BCUT2D eigenvalue weighted by Gasteiger charge is -2.07. The first-order valence-electron chi connectivity index (χ1n) is 5.16. The highest BCUT2D eigenvalue weighted by atomic mass is 19.4. The Hall–Kier alpha value is -2.31. The molecular formula is C12H8F3NO3. The maximum atomic E-state index is 12.6. The first-order valence-corrected chi connectivity index (χ1v) is 5.16. The number of pyridine rings is 1. The van der Waals surface area contributed by atoms with Crippen molar-refractivity contribution >= 4 is 17.3 Å². The number of hydrogen-bond acceptors (Lipinski definition) is 3. The number of carbonyl (C=O) groups excluding carboxylic acids is 2. The van der Waals surface area contributed by atoms with Crippen LogP contribution in [0.15, 0.2) is 30.5 Å². The Morgan fingerprint density at radius 1 is 1.26 bits per heavy atom. The minimum absolute atomic E-state index is 0.301. The van der Waals surface area contributed by atoms with E-state index in [0.29, 0.717) is 5.52 Å². The Labute approximate surface area is 105 Å². The van der Waals surface area contributed by atoms with E-state index in [-0.39, 0.29) is 0 Å². The van der Waals surface area contributed by atoms with Crippen molar-refractivity contribution in [2.24, 2.45) is 0 Å². The molecule has 2 aromatic rings. The Balaban J connectivity index is 2.75. The third-order valence-corrected chi connectivity index (χ3v) is 2.56. The third kappa shape index (κ3) is 2.18. The van der Waals surface area contributed by atoms with Gasteiger partial charge in [0.15, 0.2) is 0 Å². The van der Waals surface area contributed by atoms with Crippen LogP contribution in [0.3, 0.4) is 0 Å². The average Bonchev–Trinajstić information content (AvgIpc) is 2.74. The molecule has 2 rings (SSSR count). The van der Waals surface area contributed by atoms with Crippen LogP contribution in [0.4, 0.5) is 13.2 Å². The van der Waals surface area contributed by atoms with Crippen LogP contribution in [-0.4, -0.2) is 29.4 Å². The molecule has 0 fully saturated rings. The molecule has 0 unspecified atom stereocenters. The number of Topliss-reactive ketones (excluding diaryl/α,β-unsaturated/α-hetero) is 1. The minimum atomic E-state index is -5.06. The van der Waals surface area contributed by atoms with Crippen LogP contribution in [0.5, 0.6) is 0 Å². The number of nitrogens with zero attached hydrogens (tertiary/aromatic N) is 1. The first kappa shape index (κ1) is 13.1. The van der Waals surface area contributed by atoms with Crippen molar-refractivity contribution in [1.82, 2.24) is 4.40 Å². The summed E-state index contributed by atoms with van der Waals surface area (Å²) in [5.74, 6) is -3.07. The summed E-state index contributed by atoms with van der Waals surface area (Å²) in [5.41, 5.74) is -0.846. The number of fused-ring (bicyclic) bond motifs is 1. The van der Waals surface area contributed by atoms with E-state index in [1.54, 1.807) is 6.07 Å². The van der Waals surface area contributed by atoms with E-state index in [1.807, 2.05) is 0 Å². The number of rotatable bonds is 2. The molecule has 19 heavy (non-hydrogen) atoms. The second-order valence-electron chi connectivity index (χ2n) is 3.72. The fraction of sp³-hybridized carbons (Fsp3) is 0.167. The summed E-state index contributed by atoms with van der Waals surface area (Å²) < 4.78 is 43.1. The smallest absolute Gasteiger partial charge is 0.456 e. The Morgan fingerprint density at radius 2 is 1.95 bits per heavy atom. The van der Waals surface area contributed by atoms with Gasteiger partial charge in [0, 0.05) is 11.7 Å². The Bertz CT molecular complexity index is 658. The lowest BCUT2D eigenvalue weighted by atomic mass is 10.1. The van der Waals surface area contributed by atoms with Crippen molar-refractivity contribution in [1.29, 1.82) is 0 Å². The predicted octanol–water partition coefficient (Wildman–Crippen LogP) is 2.47. The van der Waals surface area contributed by atoms with Gasteiger partial charge in [0.1, 0.15) is 5.69 Å². The first-order chi connectivity index (χ1) is 8.86. The second kappa shape index (κ2) is 4.42. The largest absolute Gasteiger partial charge is 0.465 e. The van der Waals surface area contributed by atoms with Crippen molar-refractivity contribution in [3.63, 3.8) is 0 Å². The monoisotopic (exact) mass is 271 g/mol. The summed E-state index contributed by atoms with van der Waals surface area (Å²) in [6.45, 7) is 0. The lowest BCUT2D eigenvalue weighted by Crippen LogP contribution is -2.26. The number of ether oxygens (including phenoxy) is 1. The van der Waals surface area contributed by atoms with Crippen molar-refractivity contribution in [3.05, 3.63) is 41.7 Å². The van der Waals surface area contributed by atoms with Crippen molar-refractivity contribution in [2.45, 2.75) is 6.18 Å². The van der Waals surface area contributed by atoms with Gasteiger partial charge in [0.25, 0.3) is 5.78 Å². The van der Waals surface area contributed by atoms with Crippen LogP contribution in [0.2, 0.25) is 0 Å². The van der Waals surface area contributed by atoms with E-state index in [0.717, 1.165) is 11.5 Å². The molecule has 2 heterocycles. The summed E-state index contributed by atoms with van der Waals surface area (Å²) >= 11 is 0. The van der Waals surface area contributed by atoms with Gasteiger partial charge in [-0.15, -0.1) is 0 Å². The molecular weight excluding hydrogens is 263 g/mol. The van der Waals surface area contributed by atoms with Gasteiger partial charge in [-0.2, -0.15) is 13.2 Å². The molecule has 0 spiro atoms. The average molecular weight is 271 g/mol. The SMILES string of the molecule is COC(=O)c1cc2ccccn2c1C(=O)C(F)(F)F. The van der Waals surface area contributed by atoms with Gasteiger partial charge in [0.2, 0.25) is 0 Å². The van der Waals surface area contributed by atoms with E-state index in [9.17, 15) is 22.8 Å². The normalized spacial score (nSPS) is 11.6. The van der Waals surface area contributed by atoms with E-state index in [4.69, 9.17) is 0 Å². The molecule has 7 heteroatoms. The molecule has 0 N–H and O–H groups in total. The highest BCUT2D eigenvalue weighted by molar-refractivity contribution is 6.09. The van der Waals surface area contributed by atoms with Gasteiger partial charge in [0.05, 0.1) is 12.7 Å². The van der Waals surface area contributed by atoms with Crippen LogP contribution in [0, 0.1) is 0 Å². The molecule has 0 bridgehead atoms. The number of halogens is 3. The van der Waals surface area contributed by atoms with Gasteiger partial charge in [-0.25, -0.2) is 4.79 Å². The topological polar surface area (TPSA) is 47.8 Å². The molecule has 0 atom stereocenters.